The van der Waals surface area contributed by atoms with Crippen molar-refractivity contribution in [2.45, 2.75) is 5.16 Å². The van der Waals surface area contributed by atoms with Gasteiger partial charge in [0.05, 0.1) is 0 Å². The van der Waals surface area contributed by atoms with Gasteiger partial charge in [-0.05, 0) is 46.1 Å². The highest BCUT2D eigenvalue weighted by Gasteiger charge is 2.20. The van der Waals surface area contributed by atoms with Crippen LogP contribution in [0.25, 0.3) is 11.1 Å². The van der Waals surface area contributed by atoms with E-state index in [-0.39, 0.29) is 0 Å². The first-order chi connectivity index (χ1) is 11.6. The van der Waals surface area contributed by atoms with Crippen LogP contribution in [0.4, 0.5) is 10.7 Å². The van der Waals surface area contributed by atoms with E-state index in [9.17, 15) is 0 Å². The van der Waals surface area contributed by atoms with Gasteiger partial charge < -0.3 is 11.1 Å². The molecule has 0 aliphatic heterocycles. The fraction of sp³-hybridized carbons (Fsp3) is 0.0667. The van der Waals surface area contributed by atoms with Gasteiger partial charge in [-0.25, -0.2) is 4.68 Å². The molecule has 0 fully saturated rings. The quantitative estimate of drug-likeness (QED) is 0.280. The predicted octanol–water partition coefficient (Wildman–Crippen LogP) is 3.19. The molecule has 7 nitrogen and oxygen atoms in total. The average Bonchev–Trinajstić information content (AvgIpc) is 3.15. The van der Waals surface area contributed by atoms with Gasteiger partial charge in [0.25, 0.3) is 0 Å². The lowest BCUT2D eigenvalue weighted by Gasteiger charge is -2.09. The van der Waals surface area contributed by atoms with Crippen LogP contribution in [0, 0.1) is 5.41 Å². The highest BCUT2D eigenvalue weighted by atomic mass is 32.2. The summed E-state index contributed by atoms with van der Waals surface area (Å²) in [6.07, 6.45) is 1.60. The molecule has 122 valence electrons. The molecule has 3 rings (SSSR count). The number of tetrazole rings is 1. The molecule has 0 radical (unpaired) electrons. The number of thiophene rings is 1. The van der Waals surface area contributed by atoms with Gasteiger partial charge >= 0.3 is 0 Å². The number of rotatable bonds is 5. The van der Waals surface area contributed by atoms with E-state index in [4.69, 9.17) is 11.1 Å². The third-order valence-corrected chi connectivity index (χ3v) is 5.10. The van der Waals surface area contributed by atoms with Gasteiger partial charge in [0.15, 0.2) is 0 Å². The van der Waals surface area contributed by atoms with Crippen molar-refractivity contribution in [3.63, 3.8) is 0 Å². The Bertz CT molecular complexity index is 880. The van der Waals surface area contributed by atoms with E-state index in [1.807, 2.05) is 29.6 Å². The van der Waals surface area contributed by atoms with E-state index < -0.39 is 0 Å². The summed E-state index contributed by atoms with van der Waals surface area (Å²) in [6, 6.07) is 7.59. The van der Waals surface area contributed by atoms with Gasteiger partial charge in [-0.3, -0.25) is 5.41 Å². The second kappa shape index (κ2) is 6.85. The minimum Gasteiger partial charge on any atom is -0.399 e. The molecule has 24 heavy (non-hydrogen) atoms. The Morgan fingerprint density at radius 3 is 2.79 bits per heavy atom. The summed E-state index contributed by atoms with van der Waals surface area (Å²) in [4.78, 5) is 0. The normalized spacial score (nSPS) is 10.5. The van der Waals surface area contributed by atoms with Crippen molar-refractivity contribution in [3.05, 3.63) is 48.0 Å². The molecule has 2 aromatic heterocycles. The van der Waals surface area contributed by atoms with E-state index >= 15 is 0 Å². The van der Waals surface area contributed by atoms with Crippen LogP contribution in [0.15, 0.2) is 47.6 Å². The zero-order valence-electron chi connectivity index (χ0n) is 12.9. The predicted molar refractivity (Wildman–Crippen MR) is 99.5 cm³/mol. The van der Waals surface area contributed by atoms with Gasteiger partial charge in [0, 0.05) is 29.2 Å². The van der Waals surface area contributed by atoms with E-state index in [2.05, 4.69) is 27.4 Å². The summed E-state index contributed by atoms with van der Waals surface area (Å²) >= 11 is 2.72. The number of nitrogens with one attached hydrogen (secondary N) is 2. The third kappa shape index (κ3) is 3.17. The minimum absolute atomic E-state index is 0.352. The first-order valence-electron chi connectivity index (χ1n) is 6.94. The Kier molecular flexibility index (Phi) is 4.63. The Balaban J connectivity index is 2.02. The topological polar surface area (TPSA) is 106 Å². The SMILES string of the molecule is C=CNc1scc(-c2ccc(N)cc2)c1C(=N)Sc1nnnn1C. The summed E-state index contributed by atoms with van der Waals surface area (Å²) < 4.78 is 1.54. The van der Waals surface area contributed by atoms with Crippen LogP contribution in [0.1, 0.15) is 5.56 Å². The van der Waals surface area contributed by atoms with E-state index in [0.29, 0.717) is 15.9 Å². The highest BCUT2D eigenvalue weighted by Crippen LogP contribution is 2.39. The second-order valence-electron chi connectivity index (χ2n) is 4.84. The number of nitrogen functional groups attached to an aromatic ring is 1. The molecule has 0 saturated heterocycles. The number of hydrogen-bond acceptors (Lipinski definition) is 8. The molecule has 1 aromatic carbocycles. The number of nitrogens with two attached hydrogens (primary N) is 1. The van der Waals surface area contributed by atoms with Crippen LogP contribution in [0.3, 0.4) is 0 Å². The molecule has 0 amide bonds. The maximum absolute atomic E-state index is 8.53. The number of benzene rings is 1. The van der Waals surface area contributed by atoms with Gasteiger partial charge in [-0.15, -0.1) is 16.4 Å². The molecule has 2 heterocycles. The summed E-state index contributed by atoms with van der Waals surface area (Å²) in [5, 5.41) is 26.7. The van der Waals surface area contributed by atoms with E-state index in [0.717, 1.165) is 21.7 Å². The van der Waals surface area contributed by atoms with Crippen molar-refractivity contribution in [1.82, 2.24) is 20.2 Å². The number of aromatic nitrogens is 4. The van der Waals surface area contributed by atoms with Gasteiger partial charge in [-0.2, -0.15) is 0 Å². The first-order valence-corrected chi connectivity index (χ1v) is 8.63. The first kappa shape index (κ1) is 16.2. The smallest absolute Gasteiger partial charge is 0.215 e. The number of hydrogen-bond donors (Lipinski definition) is 3. The molecule has 0 bridgehead atoms. The van der Waals surface area contributed by atoms with Crippen LogP contribution < -0.4 is 11.1 Å². The van der Waals surface area contributed by atoms with Crippen LogP contribution in [0.2, 0.25) is 0 Å². The molecule has 0 spiro atoms. The maximum atomic E-state index is 8.53. The number of anilines is 2. The van der Waals surface area contributed by atoms with Gasteiger partial charge in [-0.1, -0.05) is 18.7 Å². The summed E-state index contributed by atoms with van der Waals surface area (Å²) in [5.41, 5.74) is 9.21. The second-order valence-corrected chi connectivity index (χ2v) is 6.70. The third-order valence-electron chi connectivity index (χ3n) is 3.25. The maximum Gasteiger partial charge on any atom is 0.215 e. The van der Waals surface area contributed by atoms with Crippen molar-refractivity contribution in [2.24, 2.45) is 7.05 Å². The summed E-state index contributed by atoms with van der Waals surface area (Å²) in [5.74, 6) is 0. The minimum atomic E-state index is 0.352. The molecule has 0 atom stereocenters. The van der Waals surface area contributed by atoms with Crippen molar-refractivity contribution >= 4 is 38.8 Å². The lowest BCUT2D eigenvalue weighted by atomic mass is 10.0. The Morgan fingerprint density at radius 2 is 2.17 bits per heavy atom. The van der Waals surface area contributed by atoms with Gasteiger partial charge in [0.1, 0.15) is 10.0 Å². The van der Waals surface area contributed by atoms with Crippen molar-refractivity contribution in [1.29, 1.82) is 5.41 Å². The summed E-state index contributed by atoms with van der Waals surface area (Å²) in [7, 11) is 1.74. The Labute approximate surface area is 147 Å². The molecule has 0 unspecified atom stereocenters. The fourth-order valence-corrected chi connectivity index (χ4v) is 3.89. The molecule has 3 aromatic rings. The fourth-order valence-electron chi connectivity index (χ4n) is 2.11. The molecular weight excluding hydrogens is 342 g/mol. The van der Waals surface area contributed by atoms with Crippen LogP contribution in [0.5, 0.6) is 0 Å². The molecule has 0 aliphatic carbocycles. The van der Waals surface area contributed by atoms with E-state index in [1.54, 1.807) is 13.2 Å². The molecule has 4 N–H and O–H groups in total. The highest BCUT2D eigenvalue weighted by molar-refractivity contribution is 8.14. The molecule has 0 saturated carbocycles. The van der Waals surface area contributed by atoms with Crippen molar-refractivity contribution in [2.75, 3.05) is 11.1 Å². The summed E-state index contributed by atoms with van der Waals surface area (Å²) in [6.45, 7) is 3.71. The zero-order valence-corrected chi connectivity index (χ0v) is 14.5. The van der Waals surface area contributed by atoms with Crippen molar-refractivity contribution < 1.29 is 0 Å². The number of thioether (sulfide) groups is 1. The lowest BCUT2D eigenvalue weighted by molar-refractivity contribution is 0.665. The lowest BCUT2D eigenvalue weighted by Crippen LogP contribution is -2.01. The zero-order chi connectivity index (χ0) is 17.1. The van der Waals surface area contributed by atoms with Gasteiger partial charge in [0.2, 0.25) is 5.16 Å². The largest absolute Gasteiger partial charge is 0.399 e. The monoisotopic (exact) mass is 357 g/mol. The molecular formula is C15H15N7S2. The Morgan fingerprint density at radius 1 is 1.42 bits per heavy atom. The number of aryl methyl sites for hydroxylation is 1. The molecule has 9 heteroatoms. The van der Waals surface area contributed by atoms with Crippen LogP contribution in [-0.4, -0.2) is 25.3 Å². The van der Waals surface area contributed by atoms with E-state index in [1.165, 1.54) is 27.8 Å². The van der Waals surface area contributed by atoms with Crippen LogP contribution >= 0.6 is 23.1 Å². The average molecular weight is 357 g/mol. The molecule has 0 aliphatic rings. The Hall–Kier alpha value is -2.65. The standard InChI is InChI=1S/C15H15N7S2/c1-3-18-14-12(13(17)24-15-19-20-21-22(15)2)11(8-23-14)9-4-6-10(16)7-5-9/h3-8,17-18H,1,16H2,2H3. The van der Waals surface area contributed by atoms with Crippen LogP contribution in [-0.2, 0) is 7.05 Å². The van der Waals surface area contributed by atoms with Crippen molar-refractivity contribution in [3.8, 4) is 11.1 Å². The number of nitrogens with zero attached hydrogens (tertiary/aromatic N) is 4.